The van der Waals surface area contributed by atoms with E-state index in [2.05, 4.69) is 17.2 Å². The molecule has 0 aliphatic rings. The van der Waals surface area contributed by atoms with Crippen molar-refractivity contribution in [2.24, 2.45) is 0 Å². The number of nitrogens with one attached hydrogen (secondary N) is 1. The number of hydrogen-bond acceptors (Lipinski definition) is 5. The van der Waals surface area contributed by atoms with Crippen LogP contribution < -0.4 is 5.32 Å². The van der Waals surface area contributed by atoms with Gasteiger partial charge in [-0.3, -0.25) is 4.57 Å². The zero-order valence-electron chi connectivity index (χ0n) is 11.6. The molecular formula is C12H23N2O2PS. The Morgan fingerprint density at radius 3 is 2.89 bits per heavy atom. The van der Waals surface area contributed by atoms with Crippen LogP contribution >= 0.6 is 18.7 Å². The van der Waals surface area contributed by atoms with E-state index in [1.807, 2.05) is 19.4 Å². The van der Waals surface area contributed by atoms with Gasteiger partial charge in [0.2, 0.25) is 0 Å². The highest BCUT2D eigenvalue weighted by Gasteiger charge is 2.16. The molecule has 0 saturated carbocycles. The van der Waals surface area contributed by atoms with Crippen LogP contribution in [-0.4, -0.2) is 30.5 Å². The maximum Gasteiger partial charge on any atom is 0.200 e. The molecule has 1 aromatic heterocycles. The highest BCUT2D eigenvalue weighted by Crippen LogP contribution is 2.43. The smallest absolute Gasteiger partial charge is 0.200 e. The quantitative estimate of drug-likeness (QED) is 0.747. The molecule has 2 atom stereocenters. The van der Waals surface area contributed by atoms with Crippen LogP contribution in [0.4, 0.5) is 0 Å². The molecule has 4 nitrogen and oxygen atoms in total. The van der Waals surface area contributed by atoms with Crippen LogP contribution in [0.15, 0.2) is 5.51 Å². The van der Waals surface area contributed by atoms with Gasteiger partial charge in [-0.05, 0) is 27.2 Å². The molecule has 0 aliphatic carbocycles. The van der Waals surface area contributed by atoms with E-state index < -0.39 is 7.37 Å². The first-order valence-corrected chi connectivity index (χ1v) is 9.41. The third-order valence-electron chi connectivity index (χ3n) is 2.83. The van der Waals surface area contributed by atoms with Crippen molar-refractivity contribution in [1.82, 2.24) is 10.3 Å². The molecule has 1 heterocycles. The van der Waals surface area contributed by atoms with E-state index in [1.165, 1.54) is 4.88 Å². The topological polar surface area (TPSA) is 51.2 Å². The second-order valence-corrected chi connectivity index (χ2v) is 8.26. The number of thiazole rings is 1. The van der Waals surface area contributed by atoms with Crippen molar-refractivity contribution in [2.75, 3.05) is 19.4 Å². The molecule has 0 amide bonds. The Labute approximate surface area is 114 Å². The summed E-state index contributed by atoms with van der Waals surface area (Å²) < 4.78 is 17.2. The van der Waals surface area contributed by atoms with E-state index in [9.17, 15) is 4.57 Å². The van der Waals surface area contributed by atoms with Gasteiger partial charge in [0.1, 0.15) is 0 Å². The van der Waals surface area contributed by atoms with Crippen molar-refractivity contribution in [3.8, 4) is 0 Å². The average Bonchev–Trinajstić information content (AvgIpc) is 2.70. The predicted molar refractivity (Wildman–Crippen MR) is 77.8 cm³/mol. The van der Waals surface area contributed by atoms with Gasteiger partial charge in [-0.1, -0.05) is 0 Å². The molecule has 104 valence electrons. The largest absolute Gasteiger partial charge is 0.329 e. The summed E-state index contributed by atoms with van der Waals surface area (Å²) in [5.41, 5.74) is 2.96. The fourth-order valence-corrected chi connectivity index (χ4v) is 3.89. The summed E-state index contributed by atoms with van der Waals surface area (Å²) in [5, 5.41) is 3.43. The molecule has 0 saturated heterocycles. The van der Waals surface area contributed by atoms with Gasteiger partial charge in [0.15, 0.2) is 7.37 Å². The maximum atomic E-state index is 11.9. The van der Waals surface area contributed by atoms with Gasteiger partial charge in [-0.15, -0.1) is 11.3 Å². The Balaban J connectivity index is 2.28. The van der Waals surface area contributed by atoms with E-state index in [0.29, 0.717) is 18.8 Å². The van der Waals surface area contributed by atoms with Gasteiger partial charge in [-0.2, -0.15) is 0 Å². The minimum absolute atomic E-state index is 0.334. The fraction of sp³-hybridized carbons (Fsp3) is 0.750. The monoisotopic (exact) mass is 290 g/mol. The van der Waals surface area contributed by atoms with Crippen molar-refractivity contribution in [3.05, 3.63) is 16.1 Å². The maximum absolute atomic E-state index is 11.9. The molecule has 18 heavy (non-hydrogen) atoms. The van der Waals surface area contributed by atoms with Crippen LogP contribution in [0.3, 0.4) is 0 Å². The lowest BCUT2D eigenvalue weighted by molar-refractivity contribution is 0.335. The molecule has 0 fully saturated rings. The highest BCUT2D eigenvalue weighted by atomic mass is 32.1. The van der Waals surface area contributed by atoms with E-state index in [1.54, 1.807) is 18.0 Å². The SMILES string of the molecule is CCOP(C)(=O)CCC(C)NCc1scnc1C. The van der Waals surface area contributed by atoms with Crippen LogP contribution in [0, 0.1) is 6.92 Å². The molecule has 2 unspecified atom stereocenters. The normalized spacial score (nSPS) is 16.4. The van der Waals surface area contributed by atoms with E-state index in [4.69, 9.17) is 4.52 Å². The van der Waals surface area contributed by atoms with Gasteiger partial charge in [0, 0.05) is 30.3 Å². The van der Waals surface area contributed by atoms with E-state index >= 15 is 0 Å². The Kier molecular flexibility index (Phi) is 6.50. The number of nitrogens with zero attached hydrogens (tertiary/aromatic N) is 1. The summed E-state index contributed by atoms with van der Waals surface area (Å²) in [6.45, 7) is 9.09. The summed E-state index contributed by atoms with van der Waals surface area (Å²) in [5.74, 6) is 0. The Hall–Kier alpha value is -0.220. The summed E-state index contributed by atoms with van der Waals surface area (Å²) >= 11 is 1.67. The van der Waals surface area contributed by atoms with Gasteiger partial charge in [0.05, 0.1) is 17.8 Å². The molecule has 0 aliphatic heterocycles. The lowest BCUT2D eigenvalue weighted by Crippen LogP contribution is -2.26. The second-order valence-electron chi connectivity index (χ2n) is 4.59. The van der Waals surface area contributed by atoms with Crippen molar-refractivity contribution in [3.63, 3.8) is 0 Å². The fourth-order valence-electron chi connectivity index (χ4n) is 1.63. The van der Waals surface area contributed by atoms with Crippen molar-refractivity contribution < 1.29 is 9.09 Å². The van der Waals surface area contributed by atoms with Crippen LogP contribution in [0.5, 0.6) is 0 Å². The molecule has 0 aromatic carbocycles. The highest BCUT2D eigenvalue weighted by molar-refractivity contribution is 7.58. The minimum Gasteiger partial charge on any atom is -0.329 e. The number of aryl methyl sites for hydroxylation is 1. The van der Waals surface area contributed by atoms with Crippen LogP contribution in [0.2, 0.25) is 0 Å². The Bertz CT molecular complexity index is 409. The molecule has 1 rings (SSSR count). The zero-order valence-corrected chi connectivity index (χ0v) is 13.3. The van der Waals surface area contributed by atoms with Crippen LogP contribution in [-0.2, 0) is 15.6 Å². The standard InChI is InChI=1S/C12H23N2O2PS/c1-5-16-17(4,15)7-6-10(2)13-8-12-11(3)14-9-18-12/h9-10,13H,5-8H2,1-4H3. The Morgan fingerprint density at radius 2 is 2.33 bits per heavy atom. The Morgan fingerprint density at radius 1 is 1.61 bits per heavy atom. The lowest BCUT2D eigenvalue weighted by Gasteiger charge is -2.17. The average molecular weight is 290 g/mol. The first-order chi connectivity index (χ1) is 8.44. The molecule has 0 bridgehead atoms. The van der Waals surface area contributed by atoms with Crippen molar-refractivity contribution in [1.29, 1.82) is 0 Å². The minimum atomic E-state index is -2.39. The summed E-state index contributed by atoms with van der Waals surface area (Å²) in [7, 11) is -2.39. The summed E-state index contributed by atoms with van der Waals surface area (Å²) in [6, 6.07) is 0.334. The first-order valence-electron chi connectivity index (χ1n) is 6.28. The third kappa shape index (κ3) is 5.61. The van der Waals surface area contributed by atoms with Crippen LogP contribution in [0.1, 0.15) is 30.8 Å². The third-order valence-corrected chi connectivity index (χ3v) is 5.64. The number of aromatic nitrogens is 1. The van der Waals surface area contributed by atoms with Gasteiger partial charge in [-0.25, -0.2) is 4.98 Å². The zero-order chi connectivity index (χ0) is 13.6. The van der Waals surface area contributed by atoms with Crippen molar-refractivity contribution in [2.45, 2.75) is 39.8 Å². The number of hydrogen-bond donors (Lipinski definition) is 1. The summed E-state index contributed by atoms with van der Waals surface area (Å²) in [6.07, 6.45) is 1.50. The molecule has 1 N–H and O–H groups in total. The van der Waals surface area contributed by atoms with E-state index in [-0.39, 0.29) is 0 Å². The first kappa shape index (κ1) is 15.8. The summed E-state index contributed by atoms with van der Waals surface area (Å²) in [4.78, 5) is 5.49. The lowest BCUT2D eigenvalue weighted by atomic mass is 10.2. The number of rotatable bonds is 8. The second kappa shape index (κ2) is 7.39. The van der Waals surface area contributed by atoms with E-state index in [0.717, 1.165) is 18.7 Å². The van der Waals surface area contributed by atoms with Crippen molar-refractivity contribution >= 4 is 18.7 Å². The predicted octanol–water partition coefficient (Wildman–Crippen LogP) is 3.26. The van der Waals surface area contributed by atoms with Gasteiger partial charge >= 0.3 is 0 Å². The molecule has 0 spiro atoms. The van der Waals surface area contributed by atoms with Gasteiger partial charge < -0.3 is 9.84 Å². The molecular weight excluding hydrogens is 267 g/mol. The van der Waals surface area contributed by atoms with Crippen LogP contribution in [0.25, 0.3) is 0 Å². The molecule has 6 heteroatoms. The molecule has 0 radical (unpaired) electrons. The van der Waals surface area contributed by atoms with Gasteiger partial charge in [0.25, 0.3) is 0 Å². The molecule has 1 aromatic rings.